The molecule has 4 heteroatoms. The van der Waals surface area contributed by atoms with Crippen LogP contribution >= 0.6 is 0 Å². The molecule has 0 amide bonds. The van der Waals surface area contributed by atoms with Crippen molar-refractivity contribution >= 4 is 22.6 Å². The van der Waals surface area contributed by atoms with Crippen LogP contribution in [0.2, 0.25) is 0 Å². The van der Waals surface area contributed by atoms with E-state index >= 15 is 0 Å². The highest BCUT2D eigenvalue weighted by Crippen LogP contribution is 2.28. The average molecular weight is 392 g/mol. The molecule has 30 heavy (non-hydrogen) atoms. The van der Waals surface area contributed by atoms with E-state index in [1.54, 1.807) is 6.20 Å². The Labute approximate surface area is 175 Å². The predicted molar refractivity (Wildman–Crippen MR) is 119 cm³/mol. The number of anilines is 1. The minimum atomic E-state index is -1.36. The third kappa shape index (κ3) is 3.87. The first-order valence-electron chi connectivity index (χ1n) is 9.56. The van der Waals surface area contributed by atoms with Gasteiger partial charge >= 0.3 is 5.97 Å². The van der Waals surface area contributed by atoms with E-state index in [9.17, 15) is 4.79 Å². The van der Waals surface area contributed by atoms with E-state index in [4.69, 9.17) is 4.74 Å². The number of benzene rings is 3. The predicted octanol–water partition coefficient (Wildman–Crippen LogP) is 4.77. The van der Waals surface area contributed by atoms with Gasteiger partial charge in [0.15, 0.2) is 0 Å². The molecule has 0 aliphatic heterocycles. The van der Waals surface area contributed by atoms with Gasteiger partial charge in [-0.1, -0.05) is 66.4 Å². The number of esters is 1. The van der Waals surface area contributed by atoms with Crippen molar-refractivity contribution in [1.29, 1.82) is 0 Å². The maximum absolute atomic E-state index is 13.1. The molecule has 0 aliphatic rings. The summed E-state index contributed by atoms with van der Waals surface area (Å²) < 4.78 is 5.19. The Morgan fingerprint density at radius 1 is 0.933 bits per heavy atom. The zero-order valence-corrected chi connectivity index (χ0v) is 16.5. The van der Waals surface area contributed by atoms with E-state index in [2.05, 4.69) is 22.1 Å². The maximum Gasteiger partial charge on any atom is 0.349 e. The van der Waals surface area contributed by atoms with Crippen molar-refractivity contribution in [3.8, 4) is 11.8 Å². The van der Waals surface area contributed by atoms with Crippen LogP contribution in [0.4, 0.5) is 5.69 Å². The fourth-order valence-corrected chi connectivity index (χ4v) is 3.29. The third-order valence-electron chi connectivity index (χ3n) is 4.80. The number of fused-ring (bicyclic) bond motifs is 1. The summed E-state index contributed by atoms with van der Waals surface area (Å²) in [6.45, 7) is 0. The molecule has 0 aliphatic carbocycles. The molecule has 0 saturated carbocycles. The molecule has 0 radical (unpaired) electrons. The molecule has 1 heterocycles. The van der Waals surface area contributed by atoms with Gasteiger partial charge in [0.05, 0.1) is 12.6 Å². The van der Waals surface area contributed by atoms with Crippen molar-refractivity contribution in [1.82, 2.24) is 4.98 Å². The topological polar surface area (TPSA) is 51.2 Å². The summed E-state index contributed by atoms with van der Waals surface area (Å²) in [4.78, 5) is 17.4. The molecular formula is C26H20N2O2. The van der Waals surface area contributed by atoms with Gasteiger partial charge in [0.1, 0.15) is 0 Å². The molecule has 146 valence electrons. The summed E-state index contributed by atoms with van der Waals surface area (Å²) in [5, 5.41) is 4.30. The molecule has 4 aromatic rings. The van der Waals surface area contributed by atoms with Crippen LogP contribution in [0.5, 0.6) is 0 Å². The lowest BCUT2D eigenvalue weighted by molar-refractivity contribution is -0.144. The minimum absolute atomic E-state index is 0.479. The number of pyridine rings is 1. The van der Waals surface area contributed by atoms with Crippen molar-refractivity contribution < 1.29 is 9.53 Å². The highest BCUT2D eigenvalue weighted by molar-refractivity contribution is 5.91. The number of carbonyl (C=O) groups excluding carboxylic acids is 1. The fraction of sp³-hybridized carbons (Fsp3) is 0.0769. The molecule has 0 unspecified atom stereocenters. The first-order valence-corrected chi connectivity index (χ1v) is 9.56. The number of hydrogen-bond donors (Lipinski definition) is 1. The van der Waals surface area contributed by atoms with E-state index < -0.39 is 11.5 Å². The number of carbonyl (C=O) groups is 1. The van der Waals surface area contributed by atoms with Gasteiger partial charge in [-0.05, 0) is 36.4 Å². The number of nitrogens with zero attached hydrogens (tertiary/aromatic N) is 1. The smallest absolute Gasteiger partial charge is 0.349 e. The Bertz CT molecular complexity index is 1230. The van der Waals surface area contributed by atoms with Gasteiger partial charge < -0.3 is 10.1 Å². The van der Waals surface area contributed by atoms with Crippen molar-refractivity contribution in [3.05, 3.63) is 108 Å². The van der Waals surface area contributed by atoms with Crippen LogP contribution in [0.3, 0.4) is 0 Å². The van der Waals surface area contributed by atoms with Gasteiger partial charge in [-0.3, -0.25) is 4.98 Å². The van der Waals surface area contributed by atoms with Gasteiger partial charge in [0.2, 0.25) is 5.54 Å². The number of rotatable bonds is 4. The number of methoxy groups -OCH3 is 1. The van der Waals surface area contributed by atoms with Crippen molar-refractivity contribution in [3.63, 3.8) is 0 Å². The third-order valence-corrected chi connectivity index (χ3v) is 4.80. The maximum atomic E-state index is 13.1. The molecule has 0 bridgehead atoms. The molecule has 4 rings (SSSR count). The highest BCUT2D eigenvalue weighted by atomic mass is 16.5. The number of para-hydroxylation sites is 1. The summed E-state index contributed by atoms with van der Waals surface area (Å²) in [6.07, 6.45) is 1.76. The lowest BCUT2D eigenvalue weighted by Crippen LogP contribution is -2.43. The Morgan fingerprint density at radius 3 is 2.40 bits per heavy atom. The SMILES string of the molecule is COC(=O)[C@@](C#Cc1ccc2ncccc2c1)(Nc1ccccc1)c1ccccc1. The van der Waals surface area contributed by atoms with E-state index in [1.807, 2.05) is 91.0 Å². The zero-order chi connectivity index (χ0) is 20.8. The molecule has 1 aromatic heterocycles. The second-order valence-electron chi connectivity index (χ2n) is 6.76. The lowest BCUT2D eigenvalue weighted by Gasteiger charge is -2.28. The van der Waals surface area contributed by atoms with Gasteiger partial charge in [-0.15, -0.1) is 0 Å². The van der Waals surface area contributed by atoms with Crippen molar-refractivity contribution in [2.75, 3.05) is 12.4 Å². The summed E-state index contributed by atoms with van der Waals surface area (Å²) in [5.74, 6) is 5.87. The molecular weight excluding hydrogens is 372 g/mol. The van der Waals surface area contributed by atoms with Gasteiger partial charge in [-0.2, -0.15) is 0 Å². The van der Waals surface area contributed by atoms with Crippen molar-refractivity contribution in [2.24, 2.45) is 0 Å². The van der Waals surface area contributed by atoms with Crippen LogP contribution in [-0.4, -0.2) is 18.1 Å². The summed E-state index contributed by atoms with van der Waals surface area (Å²) >= 11 is 0. The molecule has 0 fully saturated rings. The van der Waals surface area contributed by atoms with Crippen LogP contribution in [0.15, 0.2) is 97.2 Å². The summed E-state index contributed by atoms with van der Waals surface area (Å²) in [5.41, 5.74) is 1.79. The van der Waals surface area contributed by atoms with E-state index in [0.717, 1.165) is 22.2 Å². The number of nitrogens with one attached hydrogen (secondary N) is 1. The highest BCUT2D eigenvalue weighted by Gasteiger charge is 2.40. The first-order chi connectivity index (χ1) is 14.7. The number of hydrogen-bond acceptors (Lipinski definition) is 4. The van der Waals surface area contributed by atoms with Gasteiger partial charge in [0.25, 0.3) is 0 Å². The average Bonchev–Trinajstić information content (AvgIpc) is 2.82. The second kappa shape index (κ2) is 8.50. The fourth-order valence-electron chi connectivity index (χ4n) is 3.29. The monoisotopic (exact) mass is 392 g/mol. The van der Waals surface area contributed by atoms with E-state index in [-0.39, 0.29) is 0 Å². The molecule has 4 nitrogen and oxygen atoms in total. The largest absolute Gasteiger partial charge is 0.466 e. The zero-order valence-electron chi connectivity index (χ0n) is 16.5. The molecule has 1 N–H and O–H groups in total. The number of aromatic nitrogens is 1. The minimum Gasteiger partial charge on any atom is -0.466 e. The lowest BCUT2D eigenvalue weighted by atomic mass is 9.89. The van der Waals surface area contributed by atoms with Crippen LogP contribution < -0.4 is 5.32 Å². The van der Waals surface area contributed by atoms with Crippen LogP contribution in [0.1, 0.15) is 11.1 Å². The van der Waals surface area contributed by atoms with Crippen LogP contribution in [-0.2, 0) is 15.1 Å². The Kier molecular flexibility index (Phi) is 5.45. The van der Waals surface area contributed by atoms with Crippen LogP contribution in [0.25, 0.3) is 10.9 Å². The molecule has 0 spiro atoms. The Morgan fingerprint density at radius 2 is 1.67 bits per heavy atom. The molecule has 1 atom stereocenters. The van der Waals surface area contributed by atoms with Gasteiger partial charge in [-0.25, -0.2) is 4.79 Å². The summed E-state index contributed by atoms with van der Waals surface area (Å²) in [7, 11) is 1.37. The molecule has 3 aromatic carbocycles. The molecule has 0 saturated heterocycles. The second-order valence-corrected chi connectivity index (χ2v) is 6.76. The van der Waals surface area contributed by atoms with Crippen molar-refractivity contribution in [2.45, 2.75) is 5.54 Å². The van der Waals surface area contributed by atoms with E-state index in [1.165, 1.54) is 7.11 Å². The standard InChI is InChI=1S/C26H20N2O2/c1-30-25(29)26(22-10-4-2-5-11-22,28-23-12-6-3-7-13-23)17-16-20-14-15-24-21(19-20)9-8-18-27-24/h2-15,18-19,28H,1H3/t26-/m0/s1. The quantitative estimate of drug-likeness (QED) is 0.402. The Hall–Kier alpha value is -4.10. The normalized spacial score (nSPS) is 12.3. The first kappa shape index (κ1) is 19.2. The van der Waals surface area contributed by atoms with E-state index in [0.29, 0.717) is 5.56 Å². The Balaban J connectivity index is 1.85. The summed E-state index contributed by atoms with van der Waals surface area (Å²) in [6, 6.07) is 28.6. The van der Waals surface area contributed by atoms with Gasteiger partial charge in [0, 0.05) is 28.4 Å². The number of ether oxygens (including phenoxy) is 1. The van der Waals surface area contributed by atoms with Crippen LogP contribution in [0, 0.1) is 11.8 Å².